The fourth-order valence-electron chi connectivity index (χ4n) is 6.39. The molecule has 0 radical (unpaired) electrons. The number of hydrogen-bond donors (Lipinski definition) is 0. The first kappa shape index (κ1) is 30.0. The molecule has 0 aromatic carbocycles. The molecule has 7 heteroatoms. The largest absolute Gasteiger partial charge is 0.458 e. The first-order chi connectivity index (χ1) is 16.7. The summed E-state index contributed by atoms with van der Waals surface area (Å²) in [5.74, 6) is 1.89. The Morgan fingerprint density at radius 1 is 0.571 bits per heavy atom. The SMILES string of the molecule is CCC1CC(C)(OC(=O)COCCOCCOCC(=O)OC2(C)CC(CC)C(CC)C2)CC1CC. The molecule has 0 aromatic heterocycles. The molecule has 0 aromatic rings. The van der Waals surface area contributed by atoms with Crippen molar-refractivity contribution in [2.45, 2.75) is 104 Å². The van der Waals surface area contributed by atoms with Crippen LogP contribution in [0.4, 0.5) is 0 Å². The van der Waals surface area contributed by atoms with Crippen molar-refractivity contribution in [3.8, 4) is 0 Å². The number of ether oxygens (including phenoxy) is 5. The lowest BCUT2D eigenvalue weighted by Crippen LogP contribution is -2.31. The van der Waals surface area contributed by atoms with E-state index in [1.165, 1.54) is 0 Å². The quantitative estimate of drug-likeness (QED) is 0.210. The summed E-state index contributed by atoms with van der Waals surface area (Å²) in [7, 11) is 0. The van der Waals surface area contributed by atoms with Crippen molar-refractivity contribution in [1.82, 2.24) is 0 Å². The number of carbonyl (C=O) groups excluding carboxylic acids is 2. The van der Waals surface area contributed by atoms with Crippen LogP contribution in [0, 0.1) is 23.7 Å². The van der Waals surface area contributed by atoms with E-state index in [0.717, 1.165) is 51.4 Å². The molecule has 4 unspecified atom stereocenters. The van der Waals surface area contributed by atoms with Crippen LogP contribution < -0.4 is 0 Å². The van der Waals surface area contributed by atoms with Gasteiger partial charge in [0.25, 0.3) is 0 Å². The molecule has 0 amide bonds. The topological polar surface area (TPSA) is 80.3 Å². The lowest BCUT2D eigenvalue weighted by molar-refractivity contribution is -0.164. The fourth-order valence-corrected chi connectivity index (χ4v) is 6.39. The third-order valence-electron chi connectivity index (χ3n) is 8.11. The highest BCUT2D eigenvalue weighted by molar-refractivity contribution is 5.71. The van der Waals surface area contributed by atoms with E-state index in [1.54, 1.807) is 0 Å². The minimum atomic E-state index is -0.374. The average Bonchev–Trinajstić information content (AvgIpc) is 3.33. The molecule has 2 rings (SSSR count). The molecule has 7 nitrogen and oxygen atoms in total. The predicted molar refractivity (Wildman–Crippen MR) is 135 cm³/mol. The third-order valence-corrected chi connectivity index (χ3v) is 8.11. The van der Waals surface area contributed by atoms with Crippen LogP contribution in [0.2, 0.25) is 0 Å². The molecule has 0 bridgehead atoms. The van der Waals surface area contributed by atoms with Gasteiger partial charge in [-0.15, -0.1) is 0 Å². The molecule has 0 heterocycles. The number of hydrogen-bond acceptors (Lipinski definition) is 7. The van der Waals surface area contributed by atoms with Gasteiger partial charge < -0.3 is 23.7 Å². The van der Waals surface area contributed by atoms with Crippen LogP contribution in [-0.2, 0) is 33.3 Å². The van der Waals surface area contributed by atoms with Crippen LogP contribution in [0.3, 0.4) is 0 Å². The second kappa shape index (κ2) is 14.5. The van der Waals surface area contributed by atoms with E-state index < -0.39 is 0 Å². The van der Waals surface area contributed by atoms with Gasteiger partial charge in [0, 0.05) is 0 Å². The van der Waals surface area contributed by atoms with Gasteiger partial charge in [0.1, 0.15) is 24.4 Å². The van der Waals surface area contributed by atoms with Gasteiger partial charge in [0.2, 0.25) is 0 Å². The zero-order valence-corrected chi connectivity index (χ0v) is 23.1. The minimum Gasteiger partial charge on any atom is -0.458 e. The summed E-state index contributed by atoms with van der Waals surface area (Å²) < 4.78 is 27.8. The zero-order chi connectivity index (χ0) is 25.9. The second-order valence-corrected chi connectivity index (χ2v) is 11.1. The Labute approximate surface area is 212 Å². The Hall–Kier alpha value is -1.18. The van der Waals surface area contributed by atoms with E-state index in [4.69, 9.17) is 23.7 Å². The van der Waals surface area contributed by atoms with Gasteiger partial charge in [0.05, 0.1) is 26.4 Å². The highest BCUT2D eigenvalue weighted by Gasteiger charge is 2.44. The molecule has 2 saturated carbocycles. The van der Waals surface area contributed by atoms with Crippen molar-refractivity contribution in [3.05, 3.63) is 0 Å². The standard InChI is InChI=1S/C28H50O7/c1-7-21-15-27(5,16-22(21)8-2)34-25(29)19-32-13-11-31-12-14-33-20-26(30)35-28(6)17-23(9-3)24(10-4)18-28/h21-24H,7-20H2,1-6H3. The Morgan fingerprint density at radius 2 is 0.857 bits per heavy atom. The maximum Gasteiger partial charge on any atom is 0.332 e. The molecule has 0 saturated heterocycles. The highest BCUT2D eigenvalue weighted by Crippen LogP contribution is 2.45. The molecular formula is C28H50O7. The molecule has 4 atom stereocenters. The first-order valence-corrected chi connectivity index (χ1v) is 13.8. The van der Waals surface area contributed by atoms with Crippen molar-refractivity contribution < 1.29 is 33.3 Å². The minimum absolute atomic E-state index is 0.0641. The van der Waals surface area contributed by atoms with Gasteiger partial charge in [-0.3, -0.25) is 0 Å². The Bertz CT molecular complexity index is 571. The smallest absolute Gasteiger partial charge is 0.332 e. The van der Waals surface area contributed by atoms with Gasteiger partial charge in [-0.2, -0.15) is 0 Å². The van der Waals surface area contributed by atoms with Gasteiger partial charge in [-0.1, -0.05) is 53.4 Å². The average molecular weight is 499 g/mol. The zero-order valence-electron chi connectivity index (χ0n) is 23.1. The maximum atomic E-state index is 12.2. The molecule has 0 spiro atoms. The summed E-state index contributed by atoms with van der Waals surface area (Å²) in [5.41, 5.74) is -0.747. The molecule has 2 fully saturated rings. The Balaban J connectivity index is 1.48. The van der Waals surface area contributed by atoms with Crippen molar-refractivity contribution in [2.75, 3.05) is 39.6 Å². The summed E-state index contributed by atoms with van der Waals surface area (Å²) in [5, 5.41) is 0. The van der Waals surface area contributed by atoms with E-state index in [9.17, 15) is 9.59 Å². The van der Waals surface area contributed by atoms with Crippen LogP contribution in [0.1, 0.15) is 92.9 Å². The van der Waals surface area contributed by atoms with Crippen molar-refractivity contribution in [2.24, 2.45) is 23.7 Å². The molecular weight excluding hydrogens is 448 g/mol. The van der Waals surface area contributed by atoms with Crippen molar-refractivity contribution in [1.29, 1.82) is 0 Å². The van der Waals surface area contributed by atoms with Gasteiger partial charge in [-0.25, -0.2) is 9.59 Å². The van der Waals surface area contributed by atoms with E-state index in [2.05, 4.69) is 27.7 Å². The molecule has 2 aliphatic carbocycles. The van der Waals surface area contributed by atoms with E-state index >= 15 is 0 Å². The van der Waals surface area contributed by atoms with Crippen LogP contribution >= 0.6 is 0 Å². The lowest BCUT2D eigenvalue weighted by atomic mass is 9.92. The number of esters is 2. The van der Waals surface area contributed by atoms with Gasteiger partial charge in [-0.05, 0) is 63.2 Å². The van der Waals surface area contributed by atoms with Crippen LogP contribution in [0.25, 0.3) is 0 Å². The predicted octanol–water partition coefficient (Wildman–Crippen LogP) is 5.33. The van der Waals surface area contributed by atoms with Crippen LogP contribution in [-0.4, -0.2) is 62.8 Å². The monoisotopic (exact) mass is 498 g/mol. The molecule has 0 aliphatic heterocycles. The summed E-state index contributed by atoms with van der Waals surface area (Å²) in [4.78, 5) is 24.4. The molecule has 0 N–H and O–H groups in total. The van der Waals surface area contributed by atoms with E-state index in [-0.39, 0.29) is 36.4 Å². The Kier molecular flexibility index (Phi) is 12.5. The fraction of sp³-hybridized carbons (Fsp3) is 0.929. The lowest BCUT2D eigenvalue weighted by Gasteiger charge is -2.25. The van der Waals surface area contributed by atoms with Crippen molar-refractivity contribution in [3.63, 3.8) is 0 Å². The summed E-state index contributed by atoms with van der Waals surface area (Å²) in [6.45, 7) is 14.1. The third kappa shape index (κ3) is 9.66. The van der Waals surface area contributed by atoms with Crippen LogP contribution in [0.5, 0.6) is 0 Å². The van der Waals surface area contributed by atoms with Gasteiger partial charge >= 0.3 is 11.9 Å². The van der Waals surface area contributed by atoms with Crippen molar-refractivity contribution >= 4 is 11.9 Å². The highest BCUT2D eigenvalue weighted by atomic mass is 16.6. The molecule has 204 valence electrons. The molecule has 35 heavy (non-hydrogen) atoms. The first-order valence-electron chi connectivity index (χ1n) is 13.8. The number of carbonyl (C=O) groups is 2. The van der Waals surface area contributed by atoms with Gasteiger partial charge in [0.15, 0.2) is 0 Å². The maximum absolute atomic E-state index is 12.2. The Morgan fingerprint density at radius 3 is 1.14 bits per heavy atom. The summed E-state index contributed by atoms with van der Waals surface area (Å²) in [6, 6.07) is 0. The molecule has 2 aliphatic rings. The summed E-state index contributed by atoms with van der Waals surface area (Å²) >= 11 is 0. The number of rotatable bonds is 16. The summed E-state index contributed by atoms with van der Waals surface area (Å²) in [6.07, 6.45) is 8.24. The van der Waals surface area contributed by atoms with E-state index in [0.29, 0.717) is 50.1 Å². The normalized spacial score (nSPS) is 32.6. The van der Waals surface area contributed by atoms with Crippen LogP contribution in [0.15, 0.2) is 0 Å². The van der Waals surface area contributed by atoms with E-state index in [1.807, 2.05) is 13.8 Å². The second-order valence-electron chi connectivity index (χ2n) is 11.1.